The van der Waals surface area contributed by atoms with Gasteiger partial charge in [-0.3, -0.25) is 4.79 Å². The Kier molecular flexibility index (Phi) is 5.17. The van der Waals surface area contributed by atoms with Crippen molar-refractivity contribution in [2.24, 2.45) is 0 Å². The topological polar surface area (TPSA) is 58.6 Å². The van der Waals surface area contributed by atoms with Crippen LogP contribution in [0.2, 0.25) is 0 Å². The number of carbonyl (C=O) groups excluding carboxylic acids is 1. The van der Waals surface area contributed by atoms with Crippen LogP contribution in [0.25, 0.3) is 0 Å². The molecular weight excluding hydrogens is 342 g/mol. The number of amides is 1. The van der Waals surface area contributed by atoms with E-state index < -0.39 is 6.10 Å². The molecule has 0 bridgehead atoms. The van der Waals surface area contributed by atoms with Crippen LogP contribution in [-0.2, 0) is 0 Å². The molecule has 1 amide bonds. The van der Waals surface area contributed by atoms with Gasteiger partial charge in [-0.2, -0.15) is 0 Å². The van der Waals surface area contributed by atoms with E-state index in [4.69, 9.17) is 4.74 Å². The minimum absolute atomic E-state index is 0.162. The molecule has 0 saturated carbocycles. The zero-order chi connectivity index (χ0) is 14.5. The summed E-state index contributed by atoms with van der Waals surface area (Å²) in [7, 11) is 1.59. The van der Waals surface area contributed by atoms with Gasteiger partial charge in [-0.05, 0) is 45.1 Å². The standard InChI is InChI=1S/C14H14BrNO3S/c1-19-10-4-2-9(3-5-10)12(17)8-16-14(18)13-11(15)6-7-20-13/h2-7,12,17H,8H2,1H3,(H,16,18). The van der Waals surface area contributed by atoms with Crippen molar-refractivity contribution in [2.45, 2.75) is 6.10 Å². The van der Waals surface area contributed by atoms with E-state index in [9.17, 15) is 9.90 Å². The van der Waals surface area contributed by atoms with Gasteiger partial charge in [0.25, 0.3) is 5.91 Å². The number of benzene rings is 1. The first-order chi connectivity index (χ1) is 9.61. The number of ether oxygens (including phenoxy) is 1. The van der Waals surface area contributed by atoms with Crippen LogP contribution >= 0.6 is 27.3 Å². The fourth-order valence-corrected chi connectivity index (χ4v) is 3.14. The number of hydrogen-bond donors (Lipinski definition) is 2. The Morgan fingerprint density at radius 1 is 1.40 bits per heavy atom. The molecule has 0 radical (unpaired) electrons. The molecule has 4 nitrogen and oxygen atoms in total. The molecule has 0 aliphatic heterocycles. The summed E-state index contributed by atoms with van der Waals surface area (Å²) >= 11 is 4.66. The second-order valence-electron chi connectivity index (χ2n) is 4.10. The van der Waals surface area contributed by atoms with E-state index in [0.29, 0.717) is 4.88 Å². The molecule has 0 aliphatic rings. The number of rotatable bonds is 5. The average molecular weight is 356 g/mol. The zero-order valence-electron chi connectivity index (χ0n) is 10.8. The minimum atomic E-state index is -0.747. The van der Waals surface area contributed by atoms with Gasteiger partial charge in [0, 0.05) is 11.0 Å². The number of aliphatic hydroxyl groups excluding tert-OH is 1. The van der Waals surface area contributed by atoms with Gasteiger partial charge in [0.15, 0.2) is 0 Å². The lowest BCUT2D eigenvalue weighted by Crippen LogP contribution is -2.27. The number of methoxy groups -OCH3 is 1. The molecule has 6 heteroatoms. The third-order valence-electron chi connectivity index (χ3n) is 2.78. The zero-order valence-corrected chi connectivity index (χ0v) is 13.2. The number of hydrogen-bond acceptors (Lipinski definition) is 4. The van der Waals surface area contributed by atoms with Gasteiger partial charge in [0.2, 0.25) is 0 Å². The van der Waals surface area contributed by atoms with E-state index >= 15 is 0 Å². The Balaban J connectivity index is 1.93. The van der Waals surface area contributed by atoms with Gasteiger partial charge in [-0.25, -0.2) is 0 Å². The Morgan fingerprint density at radius 3 is 2.65 bits per heavy atom. The van der Waals surface area contributed by atoms with Crippen LogP contribution in [0.5, 0.6) is 5.75 Å². The largest absolute Gasteiger partial charge is 0.497 e. The highest BCUT2D eigenvalue weighted by Crippen LogP contribution is 2.22. The van der Waals surface area contributed by atoms with Crippen molar-refractivity contribution >= 4 is 33.2 Å². The van der Waals surface area contributed by atoms with E-state index in [1.165, 1.54) is 11.3 Å². The number of nitrogens with one attached hydrogen (secondary N) is 1. The van der Waals surface area contributed by atoms with E-state index in [1.54, 1.807) is 31.4 Å². The maximum absolute atomic E-state index is 11.9. The number of thiophene rings is 1. The van der Waals surface area contributed by atoms with Crippen molar-refractivity contribution in [1.29, 1.82) is 0 Å². The van der Waals surface area contributed by atoms with E-state index in [-0.39, 0.29) is 12.5 Å². The summed E-state index contributed by atoms with van der Waals surface area (Å²) in [5.41, 5.74) is 0.733. The maximum atomic E-state index is 11.9. The predicted molar refractivity (Wildman–Crippen MR) is 82.3 cm³/mol. The van der Waals surface area contributed by atoms with Crippen LogP contribution in [0.15, 0.2) is 40.2 Å². The fraction of sp³-hybridized carbons (Fsp3) is 0.214. The second-order valence-corrected chi connectivity index (χ2v) is 5.87. The summed E-state index contributed by atoms with van der Waals surface area (Å²) in [5.74, 6) is 0.534. The molecule has 1 aromatic heterocycles. The van der Waals surface area contributed by atoms with Gasteiger partial charge in [-0.1, -0.05) is 12.1 Å². The lowest BCUT2D eigenvalue weighted by molar-refractivity contribution is 0.0919. The van der Waals surface area contributed by atoms with Gasteiger partial charge in [-0.15, -0.1) is 11.3 Å². The van der Waals surface area contributed by atoms with Crippen LogP contribution in [0.4, 0.5) is 0 Å². The van der Waals surface area contributed by atoms with E-state index in [1.807, 2.05) is 11.4 Å². The highest BCUT2D eigenvalue weighted by molar-refractivity contribution is 9.10. The summed E-state index contributed by atoms with van der Waals surface area (Å²) in [6.07, 6.45) is -0.747. The van der Waals surface area contributed by atoms with Crippen molar-refractivity contribution in [2.75, 3.05) is 13.7 Å². The van der Waals surface area contributed by atoms with Crippen LogP contribution < -0.4 is 10.1 Å². The summed E-state index contributed by atoms with van der Waals surface area (Å²) in [6, 6.07) is 8.92. The lowest BCUT2D eigenvalue weighted by atomic mass is 10.1. The summed E-state index contributed by atoms with van der Waals surface area (Å²) in [6.45, 7) is 0.162. The van der Waals surface area contributed by atoms with Gasteiger partial charge < -0.3 is 15.2 Å². The number of halogens is 1. The molecule has 106 valence electrons. The Morgan fingerprint density at radius 2 is 2.10 bits per heavy atom. The summed E-state index contributed by atoms with van der Waals surface area (Å²) < 4.78 is 5.82. The normalized spacial score (nSPS) is 11.9. The van der Waals surface area contributed by atoms with Crippen molar-refractivity contribution in [3.63, 3.8) is 0 Å². The molecule has 2 rings (SSSR count). The molecule has 2 aromatic rings. The van der Waals surface area contributed by atoms with Crippen molar-refractivity contribution < 1.29 is 14.6 Å². The first kappa shape index (κ1) is 15.0. The third-order valence-corrected chi connectivity index (χ3v) is 4.62. The second kappa shape index (κ2) is 6.88. The molecule has 20 heavy (non-hydrogen) atoms. The molecule has 0 spiro atoms. The van der Waals surface area contributed by atoms with Crippen LogP contribution in [0.1, 0.15) is 21.3 Å². The fourth-order valence-electron chi connectivity index (χ4n) is 1.67. The molecule has 1 heterocycles. The Hall–Kier alpha value is -1.37. The van der Waals surface area contributed by atoms with E-state index in [0.717, 1.165) is 15.8 Å². The predicted octanol–water partition coefficient (Wildman–Crippen LogP) is 2.98. The molecule has 1 unspecified atom stereocenters. The highest BCUT2D eigenvalue weighted by atomic mass is 79.9. The molecule has 2 N–H and O–H groups in total. The minimum Gasteiger partial charge on any atom is -0.497 e. The number of carbonyl (C=O) groups is 1. The van der Waals surface area contributed by atoms with Crippen LogP contribution in [0.3, 0.4) is 0 Å². The van der Waals surface area contributed by atoms with E-state index in [2.05, 4.69) is 21.2 Å². The highest BCUT2D eigenvalue weighted by Gasteiger charge is 2.14. The van der Waals surface area contributed by atoms with Crippen LogP contribution in [-0.4, -0.2) is 24.7 Å². The molecular formula is C14H14BrNO3S. The molecule has 1 atom stereocenters. The van der Waals surface area contributed by atoms with Gasteiger partial charge in [0.05, 0.1) is 13.2 Å². The smallest absolute Gasteiger partial charge is 0.262 e. The third kappa shape index (κ3) is 3.59. The SMILES string of the molecule is COc1ccc(C(O)CNC(=O)c2sccc2Br)cc1. The Labute approximate surface area is 129 Å². The Bertz CT molecular complexity index is 582. The van der Waals surface area contributed by atoms with Crippen molar-refractivity contribution in [1.82, 2.24) is 5.32 Å². The monoisotopic (exact) mass is 355 g/mol. The lowest BCUT2D eigenvalue weighted by Gasteiger charge is -2.12. The summed E-state index contributed by atoms with van der Waals surface area (Å²) in [4.78, 5) is 12.5. The molecule has 1 aromatic carbocycles. The number of aliphatic hydroxyl groups is 1. The van der Waals surface area contributed by atoms with Gasteiger partial charge >= 0.3 is 0 Å². The van der Waals surface area contributed by atoms with Gasteiger partial charge in [0.1, 0.15) is 10.6 Å². The van der Waals surface area contributed by atoms with Crippen molar-refractivity contribution in [3.8, 4) is 5.75 Å². The summed E-state index contributed by atoms with van der Waals surface area (Å²) in [5, 5.41) is 14.6. The first-order valence-corrected chi connectivity index (χ1v) is 7.62. The first-order valence-electron chi connectivity index (χ1n) is 5.95. The van der Waals surface area contributed by atoms with Crippen molar-refractivity contribution in [3.05, 3.63) is 50.6 Å². The maximum Gasteiger partial charge on any atom is 0.262 e. The molecule has 0 saturated heterocycles. The average Bonchev–Trinajstić information content (AvgIpc) is 2.90. The molecule has 0 aliphatic carbocycles. The molecule has 0 fully saturated rings. The van der Waals surface area contributed by atoms with Crippen LogP contribution in [0, 0.1) is 0 Å². The quantitative estimate of drug-likeness (QED) is 0.866.